The van der Waals surface area contributed by atoms with Gasteiger partial charge < -0.3 is 0 Å². The molecule has 8 heteroatoms. The number of sulfonamides is 2. The van der Waals surface area contributed by atoms with Crippen molar-refractivity contribution in [1.29, 1.82) is 0 Å². The van der Waals surface area contributed by atoms with E-state index < -0.39 is 26.1 Å². The van der Waals surface area contributed by atoms with Crippen LogP contribution in [-0.4, -0.2) is 33.9 Å². The van der Waals surface area contributed by atoms with Crippen molar-refractivity contribution in [1.82, 2.24) is 4.31 Å². The quantitative estimate of drug-likeness (QED) is 0.484. The van der Waals surface area contributed by atoms with Gasteiger partial charge in [-0.1, -0.05) is 65.7 Å². The predicted octanol–water partition coefficient (Wildman–Crippen LogP) is 4.52. The van der Waals surface area contributed by atoms with Crippen molar-refractivity contribution in [2.24, 2.45) is 10.3 Å². The van der Waals surface area contributed by atoms with Crippen LogP contribution in [0.3, 0.4) is 0 Å². The summed E-state index contributed by atoms with van der Waals surface area (Å²) < 4.78 is 57.9. The molecule has 6 nitrogen and oxygen atoms in total. The van der Waals surface area contributed by atoms with E-state index in [1.54, 1.807) is 36.4 Å². The summed E-state index contributed by atoms with van der Waals surface area (Å²) in [6.07, 6.45) is 1.87. The van der Waals surface area contributed by atoms with Gasteiger partial charge in [0.1, 0.15) is 0 Å². The second-order valence-electron chi connectivity index (χ2n) is 8.28. The molecule has 0 unspecified atom stereocenters. The van der Waals surface area contributed by atoms with E-state index in [4.69, 9.17) is 0 Å². The van der Waals surface area contributed by atoms with Crippen molar-refractivity contribution in [3.05, 3.63) is 95.6 Å². The summed E-state index contributed by atoms with van der Waals surface area (Å²) in [5, 5.41) is 0. The van der Waals surface area contributed by atoms with Crippen LogP contribution in [-0.2, 0) is 20.0 Å². The first-order valence-corrected chi connectivity index (χ1v) is 13.6. The SMILES string of the molecule is Cc1ccc(S(=O)(=O)/N=C/[C@@H]2CCN(S(=O)(=O)c3ccc(C)cc3)[C@@H]2c2ccccc2)cc1. The van der Waals surface area contributed by atoms with E-state index in [9.17, 15) is 16.8 Å². The topological polar surface area (TPSA) is 83.9 Å². The standard InChI is InChI=1S/C25H26N2O4S2/c1-19-8-12-23(13-9-19)32(28,29)26-18-22-16-17-27(25(22)21-6-4-3-5-7-21)33(30,31)24-14-10-20(2)11-15-24/h3-15,18,22,25H,16-17H2,1-2H3/b26-18+/t22-,25+/m0/s1. The highest BCUT2D eigenvalue weighted by molar-refractivity contribution is 7.90. The van der Waals surface area contributed by atoms with Crippen LogP contribution in [0.25, 0.3) is 0 Å². The van der Waals surface area contributed by atoms with E-state index in [2.05, 4.69) is 4.40 Å². The largest absolute Gasteiger partial charge is 0.281 e. The maximum Gasteiger partial charge on any atom is 0.281 e. The second kappa shape index (κ2) is 9.21. The maximum absolute atomic E-state index is 13.5. The summed E-state index contributed by atoms with van der Waals surface area (Å²) in [7, 11) is -7.65. The molecule has 1 aliphatic rings. The van der Waals surface area contributed by atoms with Gasteiger partial charge in [-0.05, 0) is 50.1 Å². The minimum absolute atomic E-state index is 0.114. The molecule has 0 aliphatic carbocycles. The first kappa shape index (κ1) is 23.4. The lowest BCUT2D eigenvalue weighted by molar-refractivity contribution is 0.380. The van der Waals surface area contributed by atoms with E-state index in [1.165, 1.54) is 22.7 Å². The summed E-state index contributed by atoms with van der Waals surface area (Å²) in [6.45, 7) is 4.06. The van der Waals surface area contributed by atoms with E-state index in [0.717, 1.165) is 16.7 Å². The van der Waals surface area contributed by atoms with Crippen LogP contribution in [0.2, 0.25) is 0 Å². The molecule has 0 aromatic heterocycles. The molecular weight excluding hydrogens is 456 g/mol. The summed E-state index contributed by atoms with van der Waals surface area (Å²) in [5.74, 6) is -0.382. The number of benzene rings is 3. The van der Waals surface area contributed by atoms with Crippen LogP contribution in [0.5, 0.6) is 0 Å². The van der Waals surface area contributed by atoms with Gasteiger partial charge in [0.15, 0.2) is 0 Å². The van der Waals surface area contributed by atoms with E-state index in [0.29, 0.717) is 6.42 Å². The Bertz CT molecular complexity index is 1350. The zero-order valence-electron chi connectivity index (χ0n) is 18.5. The average Bonchev–Trinajstić information content (AvgIpc) is 3.24. The minimum Gasteiger partial charge on any atom is -0.207 e. The number of hydrogen-bond acceptors (Lipinski definition) is 4. The Morgan fingerprint density at radius 3 is 1.91 bits per heavy atom. The van der Waals surface area contributed by atoms with Gasteiger partial charge in [0.25, 0.3) is 10.0 Å². The molecule has 0 amide bonds. The first-order valence-electron chi connectivity index (χ1n) is 10.7. The van der Waals surface area contributed by atoms with Crippen LogP contribution in [0.1, 0.15) is 29.2 Å². The minimum atomic E-state index is -3.88. The van der Waals surface area contributed by atoms with Gasteiger partial charge in [-0.25, -0.2) is 8.42 Å². The van der Waals surface area contributed by atoms with Crippen molar-refractivity contribution < 1.29 is 16.8 Å². The molecule has 0 bridgehead atoms. The number of aryl methyl sites for hydroxylation is 2. The molecule has 0 N–H and O–H groups in total. The zero-order chi connectivity index (χ0) is 23.6. The Hall–Kier alpha value is -2.81. The van der Waals surface area contributed by atoms with Crippen molar-refractivity contribution in [3.8, 4) is 0 Å². The van der Waals surface area contributed by atoms with Gasteiger partial charge in [-0.15, -0.1) is 0 Å². The molecule has 2 atom stereocenters. The lowest BCUT2D eigenvalue weighted by atomic mass is 9.95. The van der Waals surface area contributed by atoms with Gasteiger partial charge in [-0.2, -0.15) is 17.1 Å². The molecule has 1 saturated heterocycles. The summed E-state index contributed by atoms with van der Waals surface area (Å²) in [5.41, 5.74) is 2.73. The molecule has 172 valence electrons. The van der Waals surface area contributed by atoms with E-state index >= 15 is 0 Å². The fraction of sp³-hybridized carbons (Fsp3) is 0.240. The highest BCUT2D eigenvalue weighted by Crippen LogP contribution is 2.40. The second-order valence-corrected chi connectivity index (χ2v) is 11.8. The molecule has 3 aromatic carbocycles. The average molecular weight is 483 g/mol. The smallest absolute Gasteiger partial charge is 0.207 e. The lowest BCUT2D eigenvalue weighted by Crippen LogP contribution is -2.32. The van der Waals surface area contributed by atoms with Crippen LogP contribution >= 0.6 is 0 Å². The summed E-state index contributed by atoms with van der Waals surface area (Å²) in [6, 6.07) is 22.0. The van der Waals surface area contributed by atoms with Gasteiger partial charge in [0.2, 0.25) is 10.0 Å². The van der Waals surface area contributed by atoms with Crippen LogP contribution in [0, 0.1) is 19.8 Å². The van der Waals surface area contributed by atoms with Crippen LogP contribution in [0.15, 0.2) is 93.1 Å². The fourth-order valence-electron chi connectivity index (χ4n) is 4.05. The molecule has 3 aromatic rings. The van der Waals surface area contributed by atoms with Crippen molar-refractivity contribution in [3.63, 3.8) is 0 Å². The number of nitrogens with zero attached hydrogens (tertiary/aromatic N) is 2. The highest BCUT2D eigenvalue weighted by atomic mass is 32.2. The highest BCUT2D eigenvalue weighted by Gasteiger charge is 2.42. The number of rotatable bonds is 6. The molecule has 1 aliphatic heterocycles. The summed E-state index contributed by atoms with van der Waals surface area (Å²) >= 11 is 0. The molecule has 33 heavy (non-hydrogen) atoms. The lowest BCUT2D eigenvalue weighted by Gasteiger charge is -2.27. The van der Waals surface area contributed by atoms with Gasteiger partial charge >= 0.3 is 0 Å². The van der Waals surface area contributed by atoms with Crippen molar-refractivity contribution in [2.45, 2.75) is 36.1 Å². The van der Waals surface area contributed by atoms with Gasteiger partial charge in [0.05, 0.1) is 15.8 Å². The first-order chi connectivity index (χ1) is 15.7. The fourth-order valence-corrected chi connectivity index (χ4v) is 6.64. The third-order valence-corrected chi connectivity index (χ3v) is 9.04. The molecule has 0 saturated carbocycles. The molecule has 0 spiro atoms. The molecular formula is C25H26N2O4S2. The molecule has 0 radical (unpaired) electrons. The number of hydrogen-bond donors (Lipinski definition) is 0. The van der Waals surface area contributed by atoms with Gasteiger partial charge in [0, 0.05) is 18.7 Å². The molecule has 4 rings (SSSR count). The third kappa shape index (κ3) is 4.93. The third-order valence-electron chi connectivity index (χ3n) is 5.88. The monoisotopic (exact) mass is 482 g/mol. The normalized spacial score (nSPS) is 19.8. The predicted molar refractivity (Wildman–Crippen MR) is 129 cm³/mol. The Morgan fingerprint density at radius 1 is 0.788 bits per heavy atom. The molecule has 1 heterocycles. The van der Waals surface area contributed by atoms with E-state index in [1.807, 2.05) is 44.2 Å². The summed E-state index contributed by atoms with van der Waals surface area (Å²) in [4.78, 5) is 0.335. The Balaban J connectivity index is 1.69. The van der Waals surface area contributed by atoms with Crippen LogP contribution in [0.4, 0.5) is 0 Å². The maximum atomic E-state index is 13.5. The molecule has 1 fully saturated rings. The van der Waals surface area contributed by atoms with E-state index in [-0.39, 0.29) is 22.3 Å². The zero-order valence-corrected chi connectivity index (χ0v) is 20.1. The van der Waals surface area contributed by atoms with Crippen LogP contribution < -0.4 is 0 Å². The Kier molecular flexibility index (Phi) is 6.52. The van der Waals surface area contributed by atoms with Crippen molar-refractivity contribution in [2.75, 3.05) is 6.54 Å². The Morgan fingerprint density at radius 2 is 1.33 bits per heavy atom. The van der Waals surface area contributed by atoms with Gasteiger partial charge in [-0.3, -0.25) is 0 Å². The van der Waals surface area contributed by atoms with Crippen molar-refractivity contribution >= 4 is 26.3 Å². The Labute approximate surface area is 195 Å².